The first-order valence-corrected chi connectivity index (χ1v) is 19.2. The standard InChI is InChI=1S/C30H53N3O9SSi/c1-18(42-44(11,12)30(8,9)10)22(24(35)36)31-21(34)16-14-13-15-20-23-19(17-43-20)32(26(38)40-28(2,3)4)25(37)33(23)27(39)41-29(5,6)7/h18-20,22-23H,13-17H2,1-12H3,(H,31,34)(H,35,36)/t18-,19+,20+,22+,23+/m1/s1. The molecule has 2 rings (SSSR count). The van der Waals surface area contributed by atoms with E-state index in [1.165, 1.54) is 0 Å². The van der Waals surface area contributed by atoms with Gasteiger partial charge in [-0.3, -0.25) is 4.79 Å². The van der Waals surface area contributed by atoms with Gasteiger partial charge in [0.2, 0.25) is 5.91 Å². The van der Waals surface area contributed by atoms with Crippen LogP contribution in [0.5, 0.6) is 0 Å². The summed E-state index contributed by atoms with van der Waals surface area (Å²) < 4.78 is 17.2. The summed E-state index contributed by atoms with van der Waals surface area (Å²) in [5, 5.41) is 12.1. The Balaban J connectivity index is 2.06. The molecule has 0 aromatic heterocycles. The van der Waals surface area contributed by atoms with Crippen LogP contribution in [0.25, 0.3) is 0 Å². The van der Waals surface area contributed by atoms with Crippen LogP contribution in [0.2, 0.25) is 18.1 Å². The summed E-state index contributed by atoms with van der Waals surface area (Å²) in [7, 11) is -2.25. The lowest BCUT2D eigenvalue weighted by Gasteiger charge is -2.39. The Bertz CT molecular complexity index is 1100. The Labute approximate surface area is 267 Å². The number of amides is 5. The molecule has 2 aliphatic heterocycles. The molecule has 2 heterocycles. The second-order valence-electron chi connectivity index (χ2n) is 15.1. The van der Waals surface area contributed by atoms with Gasteiger partial charge in [0, 0.05) is 17.4 Å². The highest BCUT2D eigenvalue weighted by atomic mass is 32.2. The minimum absolute atomic E-state index is 0.112. The maximum atomic E-state index is 13.4. The molecular formula is C30H53N3O9SSi. The molecule has 0 aromatic rings. The predicted molar refractivity (Wildman–Crippen MR) is 171 cm³/mol. The van der Waals surface area contributed by atoms with Gasteiger partial charge in [0.1, 0.15) is 11.2 Å². The third kappa shape index (κ3) is 9.84. The SMILES string of the molecule is C[C@@H](O[Si](C)(C)C(C)(C)C)[C@H](NC(=O)CCCC[C@@H]1SC[C@H]2[C@@H]1N(C(=O)OC(C)(C)C)C(=O)N2C(=O)OC(C)(C)C)C(=O)O. The summed E-state index contributed by atoms with van der Waals surface area (Å²) in [6, 6.07) is -3.11. The van der Waals surface area contributed by atoms with Crippen LogP contribution in [0.1, 0.15) is 94.9 Å². The molecule has 2 N–H and O–H groups in total. The minimum atomic E-state index is -2.25. The highest BCUT2D eigenvalue weighted by Gasteiger charge is 2.59. The van der Waals surface area contributed by atoms with Crippen molar-refractivity contribution in [3.8, 4) is 0 Å². The van der Waals surface area contributed by atoms with Crippen molar-refractivity contribution < 1.29 is 43.0 Å². The van der Waals surface area contributed by atoms with Crippen molar-refractivity contribution >= 4 is 50.2 Å². The number of carboxylic acid groups (broad SMARTS) is 1. The van der Waals surface area contributed by atoms with Crippen LogP contribution in [-0.2, 0) is 23.5 Å². The van der Waals surface area contributed by atoms with E-state index in [-0.39, 0.29) is 22.6 Å². The first kappa shape index (κ1) is 37.9. The number of nitrogens with one attached hydrogen (secondary N) is 1. The molecule has 252 valence electrons. The molecule has 2 saturated heterocycles. The molecule has 44 heavy (non-hydrogen) atoms. The number of rotatable bonds is 10. The van der Waals surface area contributed by atoms with Gasteiger partial charge in [0.05, 0.1) is 18.2 Å². The zero-order valence-electron chi connectivity index (χ0n) is 28.4. The minimum Gasteiger partial charge on any atom is -0.480 e. The summed E-state index contributed by atoms with van der Waals surface area (Å²) in [4.78, 5) is 66.4. The average molecular weight is 660 g/mol. The number of carbonyl (C=O) groups is 5. The molecule has 0 bridgehead atoms. The van der Waals surface area contributed by atoms with Gasteiger partial charge in [-0.05, 0) is 79.4 Å². The zero-order valence-corrected chi connectivity index (χ0v) is 30.3. The number of imide groups is 2. The number of unbranched alkanes of at least 4 members (excludes halogenated alkanes) is 1. The number of fused-ring (bicyclic) bond motifs is 1. The van der Waals surface area contributed by atoms with Gasteiger partial charge in [0.15, 0.2) is 14.4 Å². The van der Waals surface area contributed by atoms with Gasteiger partial charge < -0.3 is 24.3 Å². The Hall–Kier alpha value is -2.32. The Kier molecular flexibility index (Phi) is 12.0. The third-order valence-corrected chi connectivity index (χ3v) is 14.0. The third-order valence-electron chi connectivity index (χ3n) is 7.96. The van der Waals surface area contributed by atoms with E-state index in [1.807, 2.05) is 13.1 Å². The summed E-state index contributed by atoms with van der Waals surface area (Å²) in [6.07, 6.45) is -0.575. The Morgan fingerprint density at radius 3 is 1.95 bits per heavy atom. The number of carbonyl (C=O) groups excluding carboxylic acids is 4. The molecule has 0 radical (unpaired) electrons. The lowest BCUT2D eigenvalue weighted by atomic mass is 10.0. The fourth-order valence-corrected chi connectivity index (χ4v) is 7.92. The van der Waals surface area contributed by atoms with Crippen molar-refractivity contribution in [3.63, 3.8) is 0 Å². The molecule has 2 aliphatic rings. The van der Waals surface area contributed by atoms with E-state index in [0.29, 0.717) is 25.0 Å². The monoisotopic (exact) mass is 659 g/mol. The largest absolute Gasteiger partial charge is 0.480 e. The number of ether oxygens (including phenoxy) is 2. The van der Waals surface area contributed by atoms with Crippen LogP contribution in [0, 0.1) is 0 Å². The molecule has 12 nitrogen and oxygen atoms in total. The highest BCUT2D eigenvalue weighted by Crippen LogP contribution is 2.43. The number of nitrogens with zero attached hydrogens (tertiary/aromatic N) is 2. The number of carboxylic acids is 1. The second kappa shape index (κ2) is 14.0. The lowest BCUT2D eigenvalue weighted by molar-refractivity contribution is -0.144. The molecule has 5 atom stereocenters. The van der Waals surface area contributed by atoms with Gasteiger partial charge >= 0.3 is 24.2 Å². The molecule has 2 fully saturated rings. The molecule has 5 amide bonds. The topological polar surface area (TPSA) is 152 Å². The normalized spacial score (nSPS) is 22.4. The Morgan fingerprint density at radius 1 is 0.955 bits per heavy atom. The smallest absolute Gasteiger partial charge is 0.418 e. The fraction of sp³-hybridized carbons (Fsp3) is 0.833. The predicted octanol–water partition coefficient (Wildman–Crippen LogP) is 5.99. The first-order valence-electron chi connectivity index (χ1n) is 15.3. The lowest BCUT2D eigenvalue weighted by Crippen LogP contribution is -2.53. The maximum Gasteiger partial charge on any atom is 0.418 e. The van der Waals surface area contributed by atoms with Crippen LogP contribution in [0.4, 0.5) is 14.4 Å². The van der Waals surface area contributed by atoms with Gasteiger partial charge in [-0.2, -0.15) is 11.8 Å². The molecule has 14 heteroatoms. The van der Waals surface area contributed by atoms with Crippen LogP contribution < -0.4 is 5.32 Å². The maximum absolute atomic E-state index is 13.4. The molecule has 0 aliphatic carbocycles. The van der Waals surface area contributed by atoms with Crippen molar-refractivity contribution in [2.75, 3.05) is 5.75 Å². The molecule has 0 aromatic carbocycles. The van der Waals surface area contributed by atoms with Crippen LogP contribution >= 0.6 is 11.8 Å². The number of aliphatic carboxylic acids is 1. The quantitative estimate of drug-likeness (QED) is 0.163. The Morgan fingerprint density at radius 2 is 1.48 bits per heavy atom. The van der Waals surface area contributed by atoms with E-state index in [0.717, 1.165) is 9.80 Å². The zero-order chi connectivity index (χ0) is 34.0. The van der Waals surface area contributed by atoms with Crippen molar-refractivity contribution in [1.82, 2.24) is 15.1 Å². The molecular weight excluding hydrogens is 606 g/mol. The van der Waals surface area contributed by atoms with Gasteiger partial charge in [-0.15, -0.1) is 0 Å². The van der Waals surface area contributed by atoms with Crippen LogP contribution in [-0.4, -0.2) is 99.8 Å². The summed E-state index contributed by atoms with van der Waals surface area (Å²) in [5.74, 6) is -1.10. The van der Waals surface area contributed by atoms with E-state index in [2.05, 4.69) is 26.1 Å². The van der Waals surface area contributed by atoms with Crippen molar-refractivity contribution in [1.29, 1.82) is 0 Å². The van der Waals surface area contributed by atoms with Gasteiger partial charge in [-0.25, -0.2) is 29.0 Å². The summed E-state index contributed by atoms with van der Waals surface area (Å²) >= 11 is 1.56. The number of thioether (sulfide) groups is 1. The fourth-order valence-electron chi connectivity index (χ4n) is 4.87. The van der Waals surface area contributed by atoms with Crippen molar-refractivity contribution in [2.45, 2.75) is 154 Å². The average Bonchev–Trinajstić information content (AvgIpc) is 3.32. The van der Waals surface area contributed by atoms with E-state index in [4.69, 9.17) is 13.9 Å². The van der Waals surface area contributed by atoms with Crippen LogP contribution in [0.15, 0.2) is 0 Å². The first-order chi connectivity index (χ1) is 19.9. The summed E-state index contributed by atoms with van der Waals surface area (Å²) in [5.41, 5.74) is -1.67. The highest BCUT2D eigenvalue weighted by molar-refractivity contribution is 8.00. The van der Waals surface area contributed by atoms with E-state index in [1.54, 1.807) is 60.2 Å². The molecule has 0 unspecified atom stereocenters. The van der Waals surface area contributed by atoms with Gasteiger partial charge in [0.25, 0.3) is 0 Å². The number of hydrogen-bond acceptors (Lipinski definition) is 9. The van der Waals surface area contributed by atoms with Crippen LogP contribution in [0.3, 0.4) is 0 Å². The van der Waals surface area contributed by atoms with Crippen molar-refractivity contribution in [3.05, 3.63) is 0 Å². The van der Waals surface area contributed by atoms with E-state index < -0.39 is 67.9 Å². The number of urea groups is 1. The van der Waals surface area contributed by atoms with Crippen molar-refractivity contribution in [2.24, 2.45) is 0 Å². The van der Waals surface area contributed by atoms with E-state index >= 15 is 0 Å². The number of hydrogen-bond donors (Lipinski definition) is 2. The second-order valence-corrected chi connectivity index (χ2v) is 21.2. The van der Waals surface area contributed by atoms with E-state index in [9.17, 15) is 29.1 Å². The molecule has 0 saturated carbocycles. The summed E-state index contributed by atoms with van der Waals surface area (Å²) in [6.45, 7) is 22.2. The van der Waals surface area contributed by atoms with Gasteiger partial charge in [-0.1, -0.05) is 27.2 Å². The molecule has 0 spiro atoms.